The topological polar surface area (TPSA) is 77.8 Å². The van der Waals surface area contributed by atoms with Gasteiger partial charge in [-0.3, -0.25) is 9.00 Å². The highest BCUT2D eigenvalue weighted by Crippen LogP contribution is 2.24. The molecule has 0 saturated heterocycles. The van der Waals surface area contributed by atoms with Gasteiger partial charge in [0.15, 0.2) is 5.76 Å². The van der Waals surface area contributed by atoms with E-state index >= 15 is 0 Å². The fraction of sp³-hybridized carbons (Fsp3) is 0.261. The smallest absolute Gasteiger partial charge is 0.287 e. The molecular weight excluding hydrogens is 402 g/mol. The predicted molar refractivity (Wildman–Crippen MR) is 116 cm³/mol. The molecule has 1 aromatic heterocycles. The minimum atomic E-state index is -1.23. The third-order valence-corrected chi connectivity index (χ3v) is 6.17. The van der Waals surface area contributed by atoms with Crippen LogP contribution in [0.1, 0.15) is 27.4 Å². The maximum atomic E-state index is 12.6. The summed E-state index contributed by atoms with van der Waals surface area (Å²) in [6, 6.07) is 16.4. The van der Waals surface area contributed by atoms with Gasteiger partial charge in [-0.05, 0) is 48.7 Å². The van der Waals surface area contributed by atoms with Crippen molar-refractivity contribution in [2.24, 2.45) is 0 Å². The highest BCUT2D eigenvalue weighted by atomic mass is 32.2. The Kier molecular flexibility index (Phi) is 7.30. The summed E-state index contributed by atoms with van der Waals surface area (Å²) in [6.45, 7) is 2.35. The van der Waals surface area contributed by atoms with E-state index in [1.165, 1.54) is 0 Å². The van der Waals surface area contributed by atoms with E-state index < -0.39 is 10.8 Å². The summed E-state index contributed by atoms with van der Waals surface area (Å²) >= 11 is 0. The lowest BCUT2D eigenvalue weighted by atomic mass is 10.1. The van der Waals surface area contributed by atoms with Crippen LogP contribution >= 0.6 is 0 Å². The molecule has 0 aliphatic carbocycles. The molecule has 0 aliphatic heterocycles. The number of carbonyl (C=O) groups excluding carboxylic acids is 1. The van der Waals surface area contributed by atoms with Crippen LogP contribution < -0.4 is 14.8 Å². The molecule has 6 nitrogen and oxygen atoms in total. The van der Waals surface area contributed by atoms with Gasteiger partial charge in [-0.25, -0.2) is 0 Å². The largest absolute Gasteiger partial charge is 0.497 e. The number of hydrogen-bond acceptors (Lipinski definition) is 5. The van der Waals surface area contributed by atoms with Crippen LogP contribution in [-0.4, -0.2) is 30.9 Å². The molecule has 158 valence electrons. The molecule has 0 radical (unpaired) electrons. The number of carbonyl (C=O) groups is 1. The van der Waals surface area contributed by atoms with E-state index in [0.29, 0.717) is 30.2 Å². The van der Waals surface area contributed by atoms with E-state index in [1.54, 1.807) is 26.4 Å². The van der Waals surface area contributed by atoms with Crippen LogP contribution in [0.3, 0.4) is 0 Å². The lowest BCUT2D eigenvalue weighted by Gasteiger charge is -2.10. The van der Waals surface area contributed by atoms with Crippen LogP contribution in [0.25, 0.3) is 0 Å². The maximum absolute atomic E-state index is 12.6. The Morgan fingerprint density at radius 1 is 1.07 bits per heavy atom. The van der Waals surface area contributed by atoms with E-state index in [4.69, 9.17) is 13.9 Å². The van der Waals surface area contributed by atoms with E-state index in [9.17, 15) is 9.00 Å². The fourth-order valence-electron chi connectivity index (χ4n) is 3.05. The van der Waals surface area contributed by atoms with E-state index in [0.717, 1.165) is 16.0 Å². The fourth-order valence-corrected chi connectivity index (χ4v) is 4.28. The molecule has 1 amide bonds. The van der Waals surface area contributed by atoms with Crippen LogP contribution in [0.4, 0.5) is 0 Å². The summed E-state index contributed by atoms with van der Waals surface area (Å²) in [7, 11) is 1.97. The summed E-state index contributed by atoms with van der Waals surface area (Å²) in [6.07, 6.45) is 0.601. The van der Waals surface area contributed by atoms with Crippen molar-refractivity contribution in [3.8, 4) is 11.5 Å². The minimum absolute atomic E-state index is 0.202. The summed E-state index contributed by atoms with van der Waals surface area (Å²) in [4.78, 5) is 13.2. The lowest BCUT2D eigenvalue weighted by molar-refractivity contribution is 0.0925. The first-order valence-electron chi connectivity index (χ1n) is 9.53. The second kappa shape index (κ2) is 10.1. The molecule has 3 aromatic rings. The van der Waals surface area contributed by atoms with Crippen LogP contribution in [0.5, 0.6) is 11.5 Å². The van der Waals surface area contributed by atoms with Crippen molar-refractivity contribution in [2.75, 3.05) is 20.8 Å². The van der Waals surface area contributed by atoms with Crippen molar-refractivity contribution in [3.05, 3.63) is 77.2 Å². The van der Waals surface area contributed by atoms with Gasteiger partial charge in [0.05, 0.1) is 30.8 Å². The first-order valence-corrected chi connectivity index (χ1v) is 10.9. The van der Waals surface area contributed by atoms with Gasteiger partial charge in [-0.2, -0.15) is 0 Å². The van der Waals surface area contributed by atoms with Crippen molar-refractivity contribution in [1.29, 1.82) is 0 Å². The Bertz CT molecular complexity index is 1040. The van der Waals surface area contributed by atoms with E-state index in [-0.39, 0.29) is 17.4 Å². The zero-order valence-corrected chi connectivity index (χ0v) is 18.1. The molecule has 0 unspecified atom stereocenters. The van der Waals surface area contributed by atoms with Gasteiger partial charge in [0.2, 0.25) is 0 Å². The molecule has 0 aliphatic rings. The first kappa shape index (κ1) is 21.6. The Morgan fingerprint density at radius 2 is 1.87 bits per heavy atom. The molecule has 1 heterocycles. The zero-order chi connectivity index (χ0) is 21.5. The van der Waals surface area contributed by atoms with Crippen molar-refractivity contribution in [1.82, 2.24) is 5.32 Å². The first-order chi connectivity index (χ1) is 14.5. The Balaban J connectivity index is 1.55. The summed E-state index contributed by atoms with van der Waals surface area (Å²) in [5.41, 5.74) is 1.93. The van der Waals surface area contributed by atoms with Crippen LogP contribution in [-0.2, 0) is 23.0 Å². The normalized spacial score (nSPS) is 11.7. The monoisotopic (exact) mass is 427 g/mol. The Morgan fingerprint density at radius 3 is 2.60 bits per heavy atom. The molecule has 1 atom stereocenters. The average Bonchev–Trinajstić information content (AvgIpc) is 3.22. The van der Waals surface area contributed by atoms with Crippen LogP contribution in [0.2, 0.25) is 0 Å². The number of benzene rings is 2. The Hall–Kier alpha value is -3.06. The number of nitrogens with one attached hydrogen (secondary N) is 1. The van der Waals surface area contributed by atoms with Crippen molar-refractivity contribution in [3.63, 3.8) is 0 Å². The third kappa shape index (κ3) is 5.30. The summed E-state index contributed by atoms with van der Waals surface area (Å²) < 4.78 is 28.8. The quantitative estimate of drug-likeness (QED) is 0.561. The van der Waals surface area contributed by atoms with Gasteiger partial charge in [0, 0.05) is 17.5 Å². The van der Waals surface area contributed by atoms with Crippen LogP contribution in [0, 0.1) is 6.92 Å². The highest BCUT2D eigenvalue weighted by Gasteiger charge is 2.15. The molecule has 2 aromatic carbocycles. The SMILES string of the molecule is COc1ccc(CCNC(=O)c2ccc(C[S@](=O)c3ccccc3C)o2)c(OC)c1. The molecule has 30 heavy (non-hydrogen) atoms. The average molecular weight is 428 g/mol. The molecule has 1 N–H and O–H groups in total. The van der Waals surface area contributed by atoms with Crippen LogP contribution in [0.15, 0.2) is 63.9 Å². The second-order valence-electron chi connectivity index (χ2n) is 6.70. The van der Waals surface area contributed by atoms with Gasteiger partial charge in [-0.15, -0.1) is 0 Å². The van der Waals surface area contributed by atoms with Gasteiger partial charge in [-0.1, -0.05) is 24.3 Å². The van der Waals surface area contributed by atoms with Gasteiger partial charge < -0.3 is 19.2 Å². The third-order valence-electron chi connectivity index (χ3n) is 4.67. The zero-order valence-electron chi connectivity index (χ0n) is 17.3. The predicted octanol–water partition coefficient (Wildman–Crippen LogP) is 3.89. The number of amides is 1. The summed E-state index contributed by atoms with van der Waals surface area (Å²) in [5, 5.41) is 2.84. The lowest BCUT2D eigenvalue weighted by Crippen LogP contribution is -2.25. The standard InChI is InChI=1S/C23H25NO5S/c1-16-6-4-5-7-22(16)30(26)15-19-10-11-20(29-19)23(25)24-13-12-17-8-9-18(27-2)14-21(17)28-3/h4-11,14H,12-13,15H2,1-3H3,(H,24,25)/t30-/m0/s1. The number of aryl methyl sites for hydroxylation is 1. The molecule has 0 spiro atoms. The molecule has 0 fully saturated rings. The number of ether oxygens (including phenoxy) is 2. The molecule has 0 saturated carbocycles. The van der Waals surface area contributed by atoms with Gasteiger partial charge in [0.25, 0.3) is 5.91 Å². The second-order valence-corrected chi connectivity index (χ2v) is 8.12. The Labute approximate surface area is 178 Å². The van der Waals surface area contributed by atoms with Gasteiger partial charge in [0.1, 0.15) is 17.3 Å². The van der Waals surface area contributed by atoms with Crippen molar-refractivity contribution in [2.45, 2.75) is 24.0 Å². The number of furan rings is 1. The molecular formula is C23H25NO5S. The van der Waals surface area contributed by atoms with E-state index in [1.807, 2.05) is 49.4 Å². The molecule has 0 bridgehead atoms. The van der Waals surface area contributed by atoms with Crippen molar-refractivity contribution >= 4 is 16.7 Å². The van der Waals surface area contributed by atoms with E-state index in [2.05, 4.69) is 5.32 Å². The minimum Gasteiger partial charge on any atom is -0.497 e. The number of hydrogen-bond donors (Lipinski definition) is 1. The molecule has 3 rings (SSSR count). The van der Waals surface area contributed by atoms with Crippen molar-refractivity contribution < 1.29 is 22.9 Å². The highest BCUT2D eigenvalue weighted by molar-refractivity contribution is 7.84. The summed E-state index contributed by atoms with van der Waals surface area (Å²) in [5.74, 6) is 2.05. The number of rotatable bonds is 9. The van der Waals surface area contributed by atoms with Gasteiger partial charge >= 0.3 is 0 Å². The molecule has 7 heteroatoms. The maximum Gasteiger partial charge on any atom is 0.287 e. The number of methoxy groups -OCH3 is 2.